The van der Waals surface area contributed by atoms with Gasteiger partial charge in [0.1, 0.15) is 0 Å². The summed E-state index contributed by atoms with van der Waals surface area (Å²) in [5.41, 5.74) is 6.33. The van der Waals surface area contributed by atoms with Gasteiger partial charge in [0, 0.05) is 6.92 Å². The quantitative estimate of drug-likeness (QED) is 0.716. The van der Waals surface area contributed by atoms with E-state index in [1.165, 1.54) is 11.3 Å². The number of nitrogen functional groups attached to an aromatic ring is 1. The Labute approximate surface area is 75.6 Å². The molecule has 66 valence electrons. The molecule has 0 unspecified atom stereocenters. The topological polar surface area (TPSA) is 56.0 Å². The smallest absolute Gasteiger partial charge is 0.180 e. The van der Waals surface area contributed by atoms with Crippen LogP contribution in [0.2, 0.25) is 0 Å². The maximum Gasteiger partial charge on any atom is 0.180 e. The highest BCUT2D eigenvalue weighted by Gasteiger charge is 2.15. The maximum atomic E-state index is 11.1. The van der Waals surface area contributed by atoms with Gasteiger partial charge in [-0.3, -0.25) is 4.79 Å². The summed E-state index contributed by atoms with van der Waals surface area (Å²) >= 11 is 1.27. The molecule has 1 heterocycles. The number of nitrogens with two attached hydrogens (primary N) is 1. The number of Topliss-reactive ketones (excluding diaryl/α,β-unsaturated/α-hetero) is 1. The molecule has 0 aromatic carbocycles. The van der Waals surface area contributed by atoms with Gasteiger partial charge in [0.15, 0.2) is 10.9 Å². The number of hydrogen-bond acceptors (Lipinski definition) is 4. The molecule has 0 saturated heterocycles. The number of rotatable bonds is 2. The van der Waals surface area contributed by atoms with Crippen LogP contribution in [0, 0.1) is 0 Å². The van der Waals surface area contributed by atoms with Crippen molar-refractivity contribution in [1.29, 1.82) is 0 Å². The van der Waals surface area contributed by atoms with Crippen molar-refractivity contribution in [2.75, 3.05) is 5.73 Å². The summed E-state index contributed by atoms with van der Waals surface area (Å²) in [6.07, 6.45) is 0. The second kappa shape index (κ2) is 3.23. The second-order valence-corrected chi connectivity index (χ2v) is 4.01. The molecule has 4 heteroatoms. The van der Waals surface area contributed by atoms with E-state index in [1.54, 1.807) is 6.92 Å². The third-order valence-corrected chi connectivity index (χ3v) is 2.54. The van der Waals surface area contributed by atoms with E-state index in [2.05, 4.69) is 4.98 Å². The van der Waals surface area contributed by atoms with Crippen LogP contribution < -0.4 is 5.73 Å². The zero-order chi connectivity index (χ0) is 9.30. The van der Waals surface area contributed by atoms with Gasteiger partial charge < -0.3 is 5.73 Å². The van der Waals surface area contributed by atoms with E-state index in [0.717, 1.165) is 5.69 Å². The molecule has 1 rings (SSSR count). The number of thiazole rings is 1. The number of nitrogens with zero attached hydrogens (tertiary/aromatic N) is 1. The van der Waals surface area contributed by atoms with Crippen molar-refractivity contribution in [3.05, 3.63) is 10.6 Å². The van der Waals surface area contributed by atoms with Crippen LogP contribution in [0.15, 0.2) is 0 Å². The van der Waals surface area contributed by atoms with Gasteiger partial charge in [-0.05, 0) is 5.92 Å². The number of hydrogen-bond donors (Lipinski definition) is 1. The van der Waals surface area contributed by atoms with Crippen LogP contribution in [0.4, 0.5) is 5.13 Å². The highest BCUT2D eigenvalue weighted by atomic mass is 32.1. The van der Waals surface area contributed by atoms with E-state index < -0.39 is 0 Å². The molecule has 0 aliphatic heterocycles. The van der Waals surface area contributed by atoms with Crippen molar-refractivity contribution >= 4 is 22.3 Å². The second-order valence-electron chi connectivity index (χ2n) is 2.98. The van der Waals surface area contributed by atoms with Crippen LogP contribution >= 0.6 is 11.3 Å². The van der Waals surface area contributed by atoms with Crippen LogP contribution in [0.5, 0.6) is 0 Å². The van der Waals surface area contributed by atoms with Crippen molar-refractivity contribution in [2.24, 2.45) is 0 Å². The van der Waals surface area contributed by atoms with Gasteiger partial charge in [0.05, 0.1) is 10.6 Å². The highest BCUT2D eigenvalue weighted by Crippen LogP contribution is 2.26. The summed E-state index contributed by atoms with van der Waals surface area (Å²) in [4.78, 5) is 15.9. The van der Waals surface area contributed by atoms with Gasteiger partial charge in [-0.15, -0.1) is 0 Å². The van der Waals surface area contributed by atoms with E-state index in [9.17, 15) is 4.79 Å². The third-order valence-electron chi connectivity index (χ3n) is 1.54. The summed E-state index contributed by atoms with van der Waals surface area (Å²) in [5.74, 6) is 0.311. The standard InChI is InChI=1S/C8H12N2OS/c1-4(2)6-7(5(3)11)12-8(9)10-6/h4H,1-3H3,(H2,9,10). The Bertz CT molecular complexity index is 304. The van der Waals surface area contributed by atoms with Crippen LogP contribution in [0.1, 0.15) is 42.1 Å². The molecule has 2 N–H and O–H groups in total. The molecule has 0 atom stereocenters. The number of anilines is 1. The average Bonchev–Trinajstić information content (AvgIpc) is 2.31. The van der Waals surface area contributed by atoms with Gasteiger partial charge in [-0.25, -0.2) is 4.98 Å². The number of aromatic nitrogens is 1. The first-order chi connectivity index (χ1) is 5.52. The molecule has 3 nitrogen and oxygen atoms in total. The molecule has 0 aliphatic carbocycles. The van der Waals surface area contributed by atoms with Crippen molar-refractivity contribution in [3.63, 3.8) is 0 Å². The summed E-state index contributed by atoms with van der Waals surface area (Å²) < 4.78 is 0. The zero-order valence-electron chi connectivity index (χ0n) is 7.42. The van der Waals surface area contributed by atoms with Crippen LogP contribution in [0.3, 0.4) is 0 Å². The number of carbonyl (C=O) groups excluding carboxylic acids is 1. The lowest BCUT2D eigenvalue weighted by atomic mass is 10.1. The van der Waals surface area contributed by atoms with Crippen molar-refractivity contribution < 1.29 is 4.79 Å². The van der Waals surface area contributed by atoms with E-state index in [-0.39, 0.29) is 11.7 Å². The molecule has 0 radical (unpaired) electrons. The summed E-state index contributed by atoms with van der Waals surface area (Å²) in [5, 5.41) is 0.476. The molecular weight excluding hydrogens is 172 g/mol. The van der Waals surface area contributed by atoms with Gasteiger partial charge in [-0.1, -0.05) is 25.2 Å². The van der Waals surface area contributed by atoms with E-state index in [4.69, 9.17) is 5.73 Å². The number of carbonyl (C=O) groups is 1. The lowest BCUT2D eigenvalue weighted by Crippen LogP contribution is -1.97. The van der Waals surface area contributed by atoms with E-state index >= 15 is 0 Å². The van der Waals surface area contributed by atoms with E-state index in [0.29, 0.717) is 10.0 Å². The Morgan fingerprint density at radius 1 is 1.58 bits per heavy atom. The Kier molecular flexibility index (Phi) is 2.47. The first kappa shape index (κ1) is 9.19. The molecule has 0 fully saturated rings. The lowest BCUT2D eigenvalue weighted by Gasteiger charge is -2.00. The molecule has 0 spiro atoms. The first-order valence-electron chi connectivity index (χ1n) is 3.79. The molecule has 12 heavy (non-hydrogen) atoms. The fourth-order valence-corrected chi connectivity index (χ4v) is 1.88. The largest absolute Gasteiger partial charge is 0.375 e. The predicted octanol–water partition coefficient (Wildman–Crippen LogP) is 2.05. The Hall–Kier alpha value is -0.900. The molecule has 0 amide bonds. The third kappa shape index (κ3) is 1.64. The fourth-order valence-electron chi connectivity index (χ4n) is 0.993. The molecular formula is C8H12N2OS. The van der Waals surface area contributed by atoms with E-state index in [1.807, 2.05) is 13.8 Å². The van der Waals surface area contributed by atoms with Crippen LogP contribution in [-0.2, 0) is 0 Å². The molecule has 0 aliphatic rings. The van der Waals surface area contributed by atoms with Gasteiger partial charge in [0.2, 0.25) is 0 Å². The summed E-state index contributed by atoms with van der Waals surface area (Å²) in [6, 6.07) is 0. The Morgan fingerprint density at radius 2 is 2.17 bits per heavy atom. The van der Waals surface area contributed by atoms with Crippen LogP contribution in [0.25, 0.3) is 0 Å². The minimum atomic E-state index is 0.0490. The lowest BCUT2D eigenvalue weighted by molar-refractivity contribution is 0.102. The van der Waals surface area contributed by atoms with Crippen molar-refractivity contribution in [2.45, 2.75) is 26.7 Å². The van der Waals surface area contributed by atoms with Gasteiger partial charge in [-0.2, -0.15) is 0 Å². The summed E-state index contributed by atoms with van der Waals surface area (Å²) in [7, 11) is 0. The SMILES string of the molecule is CC(=O)c1sc(N)nc1C(C)C. The molecule has 1 aromatic rings. The zero-order valence-corrected chi connectivity index (χ0v) is 8.23. The predicted molar refractivity (Wildman–Crippen MR) is 50.6 cm³/mol. The maximum absolute atomic E-state index is 11.1. The van der Waals surface area contributed by atoms with Gasteiger partial charge >= 0.3 is 0 Å². The monoisotopic (exact) mass is 184 g/mol. The summed E-state index contributed by atoms with van der Waals surface area (Å²) in [6.45, 7) is 5.54. The van der Waals surface area contributed by atoms with Crippen LogP contribution in [-0.4, -0.2) is 10.8 Å². The van der Waals surface area contributed by atoms with Gasteiger partial charge in [0.25, 0.3) is 0 Å². The molecule has 0 bridgehead atoms. The minimum Gasteiger partial charge on any atom is -0.375 e. The molecule has 0 saturated carbocycles. The Balaban J connectivity index is 3.17. The van der Waals surface area contributed by atoms with Crippen molar-refractivity contribution in [3.8, 4) is 0 Å². The normalized spacial score (nSPS) is 10.7. The molecule has 1 aromatic heterocycles. The number of ketones is 1. The fraction of sp³-hybridized carbons (Fsp3) is 0.500. The highest BCUT2D eigenvalue weighted by molar-refractivity contribution is 7.17. The average molecular weight is 184 g/mol. The minimum absolute atomic E-state index is 0.0490. The van der Waals surface area contributed by atoms with Crippen molar-refractivity contribution in [1.82, 2.24) is 4.98 Å². The Morgan fingerprint density at radius 3 is 2.50 bits per heavy atom. The first-order valence-corrected chi connectivity index (χ1v) is 4.61.